The zero-order valence-electron chi connectivity index (χ0n) is 16.0. The van der Waals surface area contributed by atoms with Crippen LogP contribution in [-0.2, 0) is 16.1 Å². The lowest BCUT2D eigenvalue weighted by Gasteiger charge is -2.35. The fraction of sp³-hybridized carbons (Fsp3) is 0.650. The first kappa shape index (κ1) is 18.7. The van der Waals surface area contributed by atoms with Gasteiger partial charge in [0.2, 0.25) is 5.91 Å². The molecule has 3 rings (SSSR count). The van der Waals surface area contributed by atoms with Crippen molar-refractivity contribution in [2.45, 2.75) is 64.6 Å². The van der Waals surface area contributed by atoms with Crippen LogP contribution in [0.1, 0.15) is 52.1 Å². The fourth-order valence-electron chi connectivity index (χ4n) is 3.34. The average Bonchev–Trinajstić information content (AvgIpc) is 3.43. The van der Waals surface area contributed by atoms with Crippen molar-refractivity contribution in [3.05, 3.63) is 30.1 Å². The number of carbonyl (C=O) groups excluding carboxylic acids is 2. The number of carbonyl (C=O) groups is 2. The predicted octanol–water partition coefficient (Wildman–Crippen LogP) is 3.22. The lowest BCUT2D eigenvalue weighted by atomic mass is 9.96. The van der Waals surface area contributed by atoms with Crippen LogP contribution in [0.2, 0.25) is 0 Å². The number of aromatic nitrogens is 1. The van der Waals surface area contributed by atoms with Crippen LogP contribution in [0.5, 0.6) is 0 Å². The number of hydrogen-bond acceptors (Lipinski definition) is 4. The Bertz CT molecular complexity index is 637. The second-order valence-corrected chi connectivity index (χ2v) is 8.28. The Hall–Kier alpha value is -2.11. The van der Waals surface area contributed by atoms with Gasteiger partial charge in [-0.2, -0.15) is 0 Å². The van der Waals surface area contributed by atoms with Gasteiger partial charge in [0, 0.05) is 25.3 Å². The van der Waals surface area contributed by atoms with Crippen molar-refractivity contribution in [2.75, 3.05) is 13.1 Å². The molecule has 1 saturated carbocycles. The molecule has 0 N–H and O–H groups in total. The smallest absolute Gasteiger partial charge is 0.410 e. The van der Waals surface area contributed by atoms with E-state index in [1.807, 2.05) is 43.9 Å². The quantitative estimate of drug-likeness (QED) is 0.828. The minimum atomic E-state index is -0.521. The monoisotopic (exact) mass is 359 g/mol. The second-order valence-electron chi connectivity index (χ2n) is 8.28. The molecule has 6 nitrogen and oxygen atoms in total. The summed E-state index contributed by atoms with van der Waals surface area (Å²) in [4.78, 5) is 33.5. The number of nitrogens with zero attached hydrogens (tertiary/aromatic N) is 3. The van der Waals surface area contributed by atoms with Gasteiger partial charge in [-0.3, -0.25) is 9.78 Å². The summed E-state index contributed by atoms with van der Waals surface area (Å²) in [6, 6.07) is 6.10. The molecule has 1 aromatic heterocycles. The Kier molecular flexibility index (Phi) is 5.49. The molecule has 2 amide bonds. The van der Waals surface area contributed by atoms with Gasteiger partial charge in [0.15, 0.2) is 0 Å². The Morgan fingerprint density at radius 1 is 1.27 bits per heavy atom. The summed E-state index contributed by atoms with van der Waals surface area (Å²) >= 11 is 0. The molecule has 142 valence electrons. The van der Waals surface area contributed by atoms with E-state index in [0.717, 1.165) is 31.4 Å². The average molecular weight is 359 g/mol. The van der Waals surface area contributed by atoms with Crippen LogP contribution >= 0.6 is 0 Å². The molecular formula is C20H29N3O3. The number of pyridine rings is 1. The maximum Gasteiger partial charge on any atom is 0.410 e. The Morgan fingerprint density at radius 3 is 2.65 bits per heavy atom. The van der Waals surface area contributed by atoms with Crippen LogP contribution in [0.4, 0.5) is 4.79 Å². The van der Waals surface area contributed by atoms with Crippen LogP contribution in [0.3, 0.4) is 0 Å². The molecule has 1 aliphatic heterocycles. The molecule has 1 aromatic rings. The summed E-state index contributed by atoms with van der Waals surface area (Å²) in [6.07, 6.45) is 5.21. The van der Waals surface area contributed by atoms with Crippen molar-refractivity contribution >= 4 is 12.0 Å². The summed E-state index contributed by atoms with van der Waals surface area (Å²) in [7, 11) is 0. The molecule has 2 fully saturated rings. The maximum atomic E-state index is 13.2. The van der Waals surface area contributed by atoms with Crippen molar-refractivity contribution < 1.29 is 14.3 Å². The highest BCUT2D eigenvalue weighted by molar-refractivity contribution is 5.80. The first-order chi connectivity index (χ1) is 12.3. The fourth-order valence-corrected chi connectivity index (χ4v) is 3.34. The Labute approximate surface area is 155 Å². The third-order valence-electron chi connectivity index (χ3n) is 4.75. The van der Waals surface area contributed by atoms with Gasteiger partial charge in [-0.25, -0.2) is 4.79 Å². The van der Waals surface area contributed by atoms with Crippen LogP contribution < -0.4 is 0 Å². The number of amides is 2. The molecule has 2 aliphatic rings. The third kappa shape index (κ3) is 4.96. The summed E-state index contributed by atoms with van der Waals surface area (Å²) in [6.45, 7) is 7.23. The Morgan fingerprint density at radius 2 is 2.04 bits per heavy atom. The number of likely N-dealkylation sites (tertiary alicyclic amines) is 1. The van der Waals surface area contributed by atoms with Gasteiger partial charge >= 0.3 is 6.09 Å². The molecule has 6 heteroatoms. The van der Waals surface area contributed by atoms with E-state index in [-0.39, 0.29) is 17.9 Å². The van der Waals surface area contributed by atoms with Crippen molar-refractivity contribution in [1.82, 2.24) is 14.8 Å². The molecule has 2 heterocycles. The van der Waals surface area contributed by atoms with Crippen LogP contribution in [-0.4, -0.2) is 51.5 Å². The molecule has 1 aliphatic carbocycles. The minimum Gasteiger partial charge on any atom is -0.444 e. The summed E-state index contributed by atoms with van der Waals surface area (Å²) in [5, 5.41) is 0. The molecule has 0 bridgehead atoms. The third-order valence-corrected chi connectivity index (χ3v) is 4.75. The summed E-state index contributed by atoms with van der Waals surface area (Å²) in [5.74, 6) is -0.00741. The number of hydrogen-bond donors (Lipinski definition) is 0. The molecule has 1 saturated heterocycles. The SMILES string of the molecule is CC(C)(C)OC(=O)N1CCC[C@@H](C(=O)N(Cc2ccccn2)C2CC2)C1. The van der Waals surface area contributed by atoms with E-state index in [1.54, 1.807) is 11.1 Å². The zero-order chi connectivity index (χ0) is 18.7. The van der Waals surface area contributed by atoms with Gasteiger partial charge in [-0.05, 0) is 58.6 Å². The molecule has 26 heavy (non-hydrogen) atoms. The van der Waals surface area contributed by atoms with E-state index in [2.05, 4.69) is 4.98 Å². The molecule has 0 aromatic carbocycles. The predicted molar refractivity (Wildman–Crippen MR) is 98.3 cm³/mol. The summed E-state index contributed by atoms with van der Waals surface area (Å²) in [5.41, 5.74) is 0.389. The van der Waals surface area contributed by atoms with Crippen molar-refractivity contribution in [3.8, 4) is 0 Å². The van der Waals surface area contributed by atoms with Crippen LogP contribution in [0.15, 0.2) is 24.4 Å². The standard InChI is InChI=1S/C20H29N3O3/c1-20(2,3)26-19(25)22-12-6-7-15(13-22)18(24)23(17-9-10-17)14-16-8-4-5-11-21-16/h4-5,8,11,15,17H,6-7,9-10,12-14H2,1-3H3/t15-/m1/s1. The highest BCUT2D eigenvalue weighted by Gasteiger charge is 2.38. The van der Waals surface area contributed by atoms with Gasteiger partial charge in [-0.15, -0.1) is 0 Å². The molecular weight excluding hydrogens is 330 g/mol. The van der Waals surface area contributed by atoms with Gasteiger partial charge in [-0.1, -0.05) is 6.07 Å². The highest BCUT2D eigenvalue weighted by atomic mass is 16.6. The molecule has 0 radical (unpaired) electrons. The largest absolute Gasteiger partial charge is 0.444 e. The maximum absolute atomic E-state index is 13.2. The second kappa shape index (κ2) is 7.64. The van der Waals surface area contributed by atoms with Gasteiger partial charge < -0.3 is 14.5 Å². The lowest BCUT2D eigenvalue weighted by Crippen LogP contribution is -2.48. The van der Waals surface area contributed by atoms with Gasteiger partial charge in [0.1, 0.15) is 5.60 Å². The van der Waals surface area contributed by atoms with E-state index in [9.17, 15) is 9.59 Å². The topological polar surface area (TPSA) is 62.7 Å². The minimum absolute atomic E-state index is 0.145. The van der Waals surface area contributed by atoms with Crippen molar-refractivity contribution in [1.29, 1.82) is 0 Å². The van der Waals surface area contributed by atoms with E-state index in [4.69, 9.17) is 4.74 Å². The number of rotatable bonds is 4. The van der Waals surface area contributed by atoms with E-state index in [1.165, 1.54) is 0 Å². The number of piperidine rings is 1. The van der Waals surface area contributed by atoms with E-state index in [0.29, 0.717) is 25.7 Å². The molecule has 0 unspecified atom stereocenters. The van der Waals surface area contributed by atoms with Crippen molar-refractivity contribution in [2.24, 2.45) is 5.92 Å². The highest BCUT2D eigenvalue weighted by Crippen LogP contribution is 2.31. The first-order valence-electron chi connectivity index (χ1n) is 9.52. The van der Waals surface area contributed by atoms with Gasteiger partial charge in [0.05, 0.1) is 18.2 Å². The van der Waals surface area contributed by atoms with E-state index < -0.39 is 5.60 Å². The summed E-state index contributed by atoms with van der Waals surface area (Å²) < 4.78 is 5.47. The molecule has 1 atom stereocenters. The van der Waals surface area contributed by atoms with E-state index >= 15 is 0 Å². The molecule has 0 spiro atoms. The van der Waals surface area contributed by atoms with Crippen LogP contribution in [0.25, 0.3) is 0 Å². The van der Waals surface area contributed by atoms with Crippen molar-refractivity contribution in [3.63, 3.8) is 0 Å². The van der Waals surface area contributed by atoms with Gasteiger partial charge in [0.25, 0.3) is 0 Å². The number of ether oxygens (including phenoxy) is 1. The normalized spacial score (nSPS) is 20.6. The Balaban J connectivity index is 1.64. The zero-order valence-corrected chi connectivity index (χ0v) is 16.0. The first-order valence-corrected chi connectivity index (χ1v) is 9.52. The van der Waals surface area contributed by atoms with Crippen LogP contribution in [0, 0.1) is 5.92 Å². The lowest BCUT2D eigenvalue weighted by molar-refractivity contribution is -0.138.